The van der Waals surface area contributed by atoms with Gasteiger partial charge in [-0.1, -0.05) is 23.7 Å². The minimum atomic E-state index is -1.06. The van der Waals surface area contributed by atoms with E-state index in [0.29, 0.717) is 27.1 Å². The molecule has 1 aromatic heterocycles. The van der Waals surface area contributed by atoms with E-state index in [0.717, 1.165) is 0 Å². The number of carbonyl (C=O) groups is 1. The second-order valence-electron chi connectivity index (χ2n) is 4.76. The quantitative estimate of drug-likeness (QED) is 0.765. The minimum Gasteiger partial charge on any atom is -0.477 e. The van der Waals surface area contributed by atoms with Gasteiger partial charge in [-0.15, -0.1) is 0 Å². The average Bonchev–Trinajstić information content (AvgIpc) is 2.72. The average molecular weight is 304 g/mol. The van der Waals surface area contributed by atoms with Crippen LogP contribution < -0.4 is 0 Å². The molecule has 3 rings (SSSR count). The Morgan fingerprint density at radius 1 is 1.19 bits per heavy atom. The van der Waals surface area contributed by atoms with Crippen LogP contribution in [0.2, 0.25) is 5.02 Å². The summed E-state index contributed by atoms with van der Waals surface area (Å²) >= 11 is 5.87. The van der Waals surface area contributed by atoms with Crippen LogP contribution in [0.15, 0.2) is 42.5 Å². The maximum Gasteiger partial charge on any atom is 0.353 e. The largest absolute Gasteiger partial charge is 0.477 e. The smallest absolute Gasteiger partial charge is 0.353 e. The molecule has 0 aliphatic carbocycles. The van der Waals surface area contributed by atoms with Crippen molar-refractivity contribution in [2.24, 2.45) is 7.05 Å². The molecular weight excluding hydrogens is 293 g/mol. The number of hydrogen-bond acceptors (Lipinski definition) is 1. The molecule has 0 aliphatic rings. The summed E-state index contributed by atoms with van der Waals surface area (Å²) in [6, 6.07) is 11.1. The normalized spacial score (nSPS) is 11.0. The summed E-state index contributed by atoms with van der Waals surface area (Å²) in [5, 5.41) is 10.6. The molecule has 0 unspecified atom stereocenters. The van der Waals surface area contributed by atoms with Crippen LogP contribution in [0.4, 0.5) is 4.39 Å². The fraction of sp³-hybridized carbons (Fsp3) is 0.0625. The molecule has 0 bridgehead atoms. The number of rotatable bonds is 2. The second kappa shape index (κ2) is 4.90. The van der Waals surface area contributed by atoms with Gasteiger partial charge in [0.2, 0.25) is 0 Å². The molecule has 1 N–H and O–H groups in total. The highest BCUT2D eigenvalue weighted by Gasteiger charge is 2.22. The number of carboxylic acid groups (broad SMARTS) is 1. The number of hydrogen-bond donors (Lipinski definition) is 1. The molecule has 21 heavy (non-hydrogen) atoms. The van der Waals surface area contributed by atoms with Crippen LogP contribution in [-0.2, 0) is 7.05 Å². The summed E-state index contributed by atoms with van der Waals surface area (Å²) in [6.07, 6.45) is 0. The Morgan fingerprint density at radius 2 is 1.86 bits per heavy atom. The van der Waals surface area contributed by atoms with Crippen LogP contribution in [0.3, 0.4) is 0 Å². The Bertz CT molecular complexity index is 853. The van der Waals surface area contributed by atoms with Crippen LogP contribution in [0, 0.1) is 5.82 Å². The predicted octanol–water partition coefficient (Wildman–Crippen LogP) is 4.34. The van der Waals surface area contributed by atoms with Crippen molar-refractivity contribution >= 4 is 28.5 Å². The zero-order chi connectivity index (χ0) is 15.1. The second-order valence-corrected chi connectivity index (χ2v) is 5.19. The molecule has 0 atom stereocenters. The molecule has 0 saturated heterocycles. The molecule has 0 fully saturated rings. The molecule has 1 heterocycles. The van der Waals surface area contributed by atoms with Crippen LogP contribution in [0.5, 0.6) is 0 Å². The van der Waals surface area contributed by atoms with Gasteiger partial charge in [0, 0.05) is 28.5 Å². The summed E-state index contributed by atoms with van der Waals surface area (Å²) < 4.78 is 15.1. The van der Waals surface area contributed by atoms with Gasteiger partial charge in [-0.3, -0.25) is 0 Å². The number of nitrogens with zero attached hydrogens (tertiary/aromatic N) is 1. The van der Waals surface area contributed by atoms with E-state index in [2.05, 4.69) is 0 Å². The minimum absolute atomic E-state index is 0.123. The third kappa shape index (κ3) is 2.17. The van der Waals surface area contributed by atoms with Gasteiger partial charge < -0.3 is 9.67 Å². The molecule has 0 amide bonds. The monoisotopic (exact) mass is 303 g/mol. The molecule has 0 aliphatic heterocycles. The molecule has 2 aromatic carbocycles. The van der Waals surface area contributed by atoms with Crippen LogP contribution in [-0.4, -0.2) is 15.6 Å². The molecule has 3 aromatic rings. The van der Waals surface area contributed by atoms with Crippen molar-refractivity contribution in [2.75, 3.05) is 0 Å². The maximum atomic E-state index is 13.6. The van der Waals surface area contributed by atoms with Gasteiger partial charge in [0.15, 0.2) is 0 Å². The first-order valence-electron chi connectivity index (χ1n) is 6.26. The zero-order valence-corrected chi connectivity index (χ0v) is 11.9. The lowest BCUT2D eigenvalue weighted by atomic mass is 10.0. The van der Waals surface area contributed by atoms with E-state index >= 15 is 0 Å². The zero-order valence-electron chi connectivity index (χ0n) is 11.1. The van der Waals surface area contributed by atoms with Crippen LogP contribution in [0.25, 0.3) is 22.0 Å². The number of carboxylic acids is 1. The van der Waals surface area contributed by atoms with Gasteiger partial charge >= 0.3 is 5.97 Å². The summed E-state index contributed by atoms with van der Waals surface area (Å²) in [5.74, 6) is -1.46. The SMILES string of the molecule is Cn1c(C(=O)O)c(-c2ccc(Cl)cc2)c2cc(F)ccc21. The maximum absolute atomic E-state index is 13.6. The van der Waals surface area contributed by atoms with Crippen molar-refractivity contribution in [1.82, 2.24) is 4.57 Å². The van der Waals surface area contributed by atoms with Crippen molar-refractivity contribution in [1.29, 1.82) is 0 Å². The summed E-state index contributed by atoms with van der Waals surface area (Å²) in [5.41, 5.74) is 1.97. The van der Waals surface area contributed by atoms with E-state index in [9.17, 15) is 14.3 Å². The highest BCUT2D eigenvalue weighted by Crippen LogP contribution is 2.35. The number of aryl methyl sites for hydroxylation is 1. The summed E-state index contributed by atoms with van der Waals surface area (Å²) in [4.78, 5) is 11.6. The van der Waals surface area contributed by atoms with E-state index in [1.807, 2.05) is 0 Å². The molecule has 5 heteroatoms. The van der Waals surface area contributed by atoms with Crippen molar-refractivity contribution in [3.63, 3.8) is 0 Å². The van der Waals surface area contributed by atoms with Crippen molar-refractivity contribution in [3.05, 3.63) is 59.0 Å². The first kappa shape index (κ1) is 13.6. The molecule has 106 valence electrons. The molecule has 0 radical (unpaired) electrons. The Kier molecular flexibility index (Phi) is 3.18. The Balaban J connectivity index is 2.43. The van der Waals surface area contributed by atoms with Gasteiger partial charge in [-0.2, -0.15) is 0 Å². The first-order valence-corrected chi connectivity index (χ1v) is 6.64. The first-order chi connectivity index (χ1) is 9.99. The lowest BCUT2D eigenvalue weighted by Gasteiger charge is -2.04. The van der Waals surface area contributed by atoms with E-state index in [1.54, 1.807) is 41.9 Å². The van der Waals surface area contributed by atoms with Crippen molar-refractivity contribution in [2.45, 2.75) is 0 Å². The van der Waals surface area contributed by atoms with Crippen molar-refractivity contribution < 1.29 is 14.3 Å². The molecule has 0 saturated carbocycles. The Labute approximate surface area is 125 Å². The standard InChI is InChI=1S/C16H11ClFNO2/c1-19-13-7-6-11(18)8-12(13)14(15(19)16(20)21)9-2-4-10(17)5-3-9/h2-8H,1H3,(H,20,21). The molecule has 3 nitrogen and oxygen atoms in total. The van der Waals surface area contributed by atoms with Crippen LogP contribution in [0.1, 0.15) is 10.5 Å². The molecular formula is C16H11ClFNO2. The fourth-order valence-corrected chi connectivity index (χ4v) is 2.70. The van der Waals surface area contributed by atoms with E-state index in [1.165, 1.54) is 12.1 Å². The number of benzene rings is 2. The third-order valence-electron chi connectivity index (χ3n) is 3.50. The number of aromatic carboxylic acids is 1. The highest BCUT2D eigenvalue weighted by atomic mass is 35.5. The van der Waals surface area contributed by atoms with Gasteiger partial charge in [0.1, 0.15) is 11.5 Å². The van der Waals surface area contributed by atoms with E-state index in [-0.39, 0.29) is 5.69 Å². The van der Waals surface area contributed by atoms with Gasteiger partial charge in [-0.25, -0.2) is 9.18 Å². The van der Waals surface area contributed by atoms with E-state index in [4.69, 9.17) is 11.6 Å². The van der Waals surface area contributed by atoms with Gasteiger partial charge in [0.05, 0.1) is 0 Å². The molecule has 0 spiro atoms. The highest BCUT2D eigenvalue weighted by molar-refractivity contribution is 6.30. The number of fused-ring (bicyclic) bond motifs is 1. The van der Waals surface area contributed by atoms with E-state index < -0.39 is 11.8 Å². The fourth-order valence-electron chi connectivity index (χ4n) is 2.58. The Morgan fingerprint density at radius 3 is 2.48 bits per heavy atom. The predicted molar refractivity (Wildman–Crippen MR) is 80.3 cm³/mol. The van der Waals surface area contributed by atoms with Crippen molar-refractivity contribution in [3.8, 4) is 11.1 Å². The number of halogens is 2. The summed E-state index contributed by atoms with van der Waals surface area (Å²) in [6.45, 7) is 0. The lowest BCUT2D eigenvalue weighted by molar-refractivity contribution is 0.0688. The van der Waals surface area contributed by atoms with Crippen LogP contribution >= 0.6 is 11.6 Å². The van der Waals surface area contributed by atoms with Gasteiger partial charge in [0.25, 0.3) is 0 Å². The summed E-state index contributed by atoms with van der Waals surface area (Å²) in [7, 11) is 1.66. The topological polar surface area (TPSA) is 42.2 Å². The van der Waals surface area contributed by atoms with Gasteiger partial charge in [-0.05, 0) is 35.9 Å². The third-order valence-corrected chi connectivity index (χ3v) is 3.75. The number of aromatic nitrogens is 1. The Hall–Kier alpha value is -2.33. The lowest BCUT2D eigenvalue weighted by Crippen LogP contribution is -2.05.